The second-order valence-corrected chi connectivity index (χ2v) is 6.45. The van der Waals surface area contributed by atoms with Crippen LogP contribution < -0.4 is 4.72 Å². The Balaban J connectivity index is 2.63. The van der Waals surface area contributed by atoms with Gasteiger partial charge in [-0.1, -0.05) is 0 Å². The lowest BCUT2D eigenvalue weighted by Gasteiger charge is -2.22. The molecule has 1 aliphatic rings. The molecular weight excluding hydrogens is 273 g/mol. The number of halogens is 3. The van der Waals surface area contributed by atoms with Crippen molar-refractivity contribution in [1.82, 2.24) is 9.03 Å². The number of hydrogen-bond donors (Lipinski definition) is 2. The predicted octanol–water partition coefficient (Wildman–Crippen LogP) is 0.620. The number of aliphatic hydroxyl groups is 1. The average Bonchev–Trinajstić information content (AvgIpc) is 2.36. The summed E-state index contributed by atoms with van der Waals surface area (Å²) < 4.78 is 61.6. The van der Waals surface area contributed by atoms with E-state index < -0.39 is 28.5 Å². The van der Waals surface area contributed by atoms with E-state index in [1.54, 1.807) is 6.92 Å². The summed E-state index contributed by atoms with van der Waals surface area (Å²) in [6.45, 7) is 0.137. The van der Waals surface area contributed by atoms with Gasteiger partial charge in [0.15, 0.2) is 0 Å². The molecule has 1 fully saturated rings. The van der Waals surface area contributed by atoms with Crippen LogP contribution in [-0.4, -0.2) is 49.2 Å². The number of nitrogens with zero attached hydrogens (tertiary/aromatic N) is 1. The SMILES string of the molecule is CC1(O)CCCN(S(=O)(=O)NCC(F)(F)F)CC1. The number of hydrogen-bond acceptors (Lipinski definition) is 3. The molecule has 0 saturated carbocycles. The summed E-state index contributed by atoms with van der Waals surface area (Å²) >= 11 is 0. The van der Waals surface area contributed by atoms with Gasteiger partial charge in [-0.05, 0) is 26.2 Å². The summed E-state index contributed by atoms with van der Waals surface area (Å²) in [6.07, 6.45) is -3.53. The Hall–Kier alpha value is -0.380. The maximum atomic E-state index is 12.0. The topological polar surface area (TPSA) is 69.6 Å². The highest BCUT2D eigenvalue weighted by Crippen LogP contribution is 2.22. The Morgan fingerprint density at radius 1 is 1.33 bits per heavy atom. The minimum absolute atomic E-state index is 0.0141. The van der Waals surface area contributed by atoms with Crippen LogP contribution in [0.2, 0.25) is 0 Å². The van der Waals surface area contributed by atoms with Crippen molar-refractivity contribution in [2.24, 2.45) is 0 Å². The van der Waals surface area contributed by atoms with Gasteiger partial charge in [-0.15, -0.1) is 0 Å². The predicted molar refractivity (Wildman–Crippen MR) is 59.0 cm³/mol. The Kier molecular flexibility index (Phi) is 4.63. The van der Waals surface area contributed by atoms with E-state index in [2.05, 4.69) is 0 Å². The van der Waals surface area contributed by atoms with Gasteiger partial charge in [-0.3, -0.25) is 0 Å². The summed E-state index contributed by atoms with van der Waals surface area (Å²) in [6, 6.07) is 0. The lowest BCUT2D eigenvalue weighted by Crippen LogP contribution is -2.45. The first-order valence-electron chi connectivity index (χ1n) is 5.56. The zero-order chi connectivity index (χ0) is 14.0. The van der Waals surface area contributed by atoms with Gasteiger partial charge in [-0.25, -0.2) is 0 Å². The van der Waals surface area contributed by atoms with Crippen LogP contribution in [0, 0.1) is 0 Å². The Morgan fingerprint density at radius 3 is 2.50 bits per heavy atom. The minimum atomic E-state index is -4.58. The van der Waals surface area contributed by atoms with Gasteiger partial charge in [0.1, 0.15) is 6.54 Å². The molecule has 0 bridgehead atoms. The molecule has 0 amide bonds. The third-order valence-electron chi connectivity index (χ3n) is 2.82. The molecule has 0 aromatic carbocycles. The monoisotopic (exact) mass is 290 g/mol. The summed E-state index contributed by atoms with van der Waals surface area (Å²) in [4.78, 5) is 0. The van der Waals surface area contributed by atoms with Gasteiger partial charge in [0.25, 0.3) is 10.2 Å². The molecule has 1 atom stereocenters. The smallest absolute Gasteiger partial charge is 0.390 e. The molecule has 1 saturated heterocycles. The lowest BCUT2D eigenvalue weighted by atomic mass is 9.98. The fourth-order valence-electron chi connectivity index (χ4n) is 1.74. The first kappa shape index (κ1) is 15.7. The highest BCUT2D eigenvalue weighted by molar-refractivity contribution is 7.87. The molecule has 9 heteroatoms. The zero-order valence-corrected chi connectivity index (χ0v) is 10.8. The van der Waals surface area contributed by atoms with E-state index >= 15 is 0 Å². The third-order valence-corrected chi connectivity index (χ3v) is 4.37. The van der Waals surface area contributed by atoms with Gasteiger partial charge in [0.05, 0.1) is 5.60 Å². The van der Waals surface area contributed by atoms with Crippen molar-refractivity contribution in [3.63, 3.8) is 0 Å². The molecule has 1 aliphatic heterocycles. The molecular formula is C9H17F3N2O3S. The second-order valence-electron chi connectivity index (χ2n) is 4.69. The Labute approximate surface area is 104 Å². The first-order chi connectivity index (χ1) is 8.02. The number of nitrogens with one attached hydrogen (secondary N) is 1. The zero-order valence-electron chi connectivity index (χ0n) is 10.00. The van der Waals surface area contributed by atoms with Crippen molar-refractivity contribution in [2.75, 3.05) is 19.6 Å². The number of rotatable bonds is 3. The van der Waals surface area contributed by atoms with Crippen LogP contribution in [-0.2, 0) is 10.2 Å². The van der Waals surface area contributed by atoms with E-state index in [-0.39, 0.29) is 19.5 Å². The van der Waals surface area contributed by atoms with Gasteiger partial charge >= 0.3 is 6.18 Å². The van der Waals surface area contributed by atoms with Crippen LogP contribution in [0.25, 0.3) is 0 Å². The molecule has 1 rings (SSSR count). The molecule has 0 aliphatic carbocycles. The normalized spacial score (nSPS) is 28.1. The van der Waals surface area contributed by atoms with E-state index in [0.717, 1.165) is 4.31 Å². The Morgan fingerprint density at radius 2 is 1.94 bits per heavy atom. The molecule has 5 nitrogen and oxygen atoms in total. The summed E-state index contributed by atoms with van der Waals surface area (Å²) in [5.74, 6) is 0. The lowest BCUT2D eigenvalue weighted by molar-refractivity contribution is -0.121. The first-order valence-corrected chi connectivity index (χ1v) is 7.00. The molecule has 0 radical (unpaired) electrons. The molecule has 2 N–H and O–H groups in total. The molecule has 18 heavy (non-hydrogen) atoms. The standard InChI is InChI=1S/C9H17F3N2O3S/c1-8(15)3-2-5-14(6-4-8)18(16,17)13-7-9(10,11)12/h13,15H,2-7H2,1H3. The van der Waals surface area contributed by atoms with Crippen molar-refractivity contribution < 1.29 is 26.7 Å². The van der Waals surface area contributed by atoms with Gasteiger partial charge < -0.3 is 5.11 Å². The highest BCUT2D eigenvalue weighted by atomic mass is 32.2. The van der Waals surface area contributed by atoms with Crippen molar-refractivity contribution >= 4 is 10.2 Å². The summed E-state index contributed by atoms with van der Waals surface area (Å²) in [7, 11) is -4.14. The maximum absolute atomic E-state index is 12.0. The molecule has 0 aromatic heterocycles. The van der Waals surface area contributed by atoms with Gasteiger partial charge in [-0.2, -0.15) is 30.6 Å². The van der Waals surface area contributed by atoms with E-state index in [0.29, 0.717) is 12.8 Å². The van der Waals surface area contributed by atoms with Crippen molar-refractivity contribution in [1.29, 1.82) is 0 Å². The van der Waals surface area contributed by atoms with Crippen LogP contribution in [0.3, 0.4) is 0 Å². The second kappa shape index (κ2) is 5.32. The van der Waals surface area contributed by atoms with Gasteiger partial charge in [0, 0.05) is 13.1 Å². The molecule has 1 heterocycles. The van der Waals surface area contributed by atoms with Crippen molar-refractivity contribution in [3.8, 4) is 0 Å². The van der Waals surface area contributed by atoms with Crippen LogP contribution in [0.15, 0.2) is 0 Å². The van der Waals surface area contributed by atoms with E-state index in [1.165, 1.54) is 4.72 Å². The molecule has 108 valence electrons. The fraction of sp³-hybridized carbons (Fsp3) is 1.00. The quantitative estimate of drug-likeness (QED) is 0.800. The van der Waals surface area contributed by atoms with E-state index in [4.69, 9.17) is 0 Å². The minimum Gasteiger partial charge on any atom is -0.390 e. The van der Waals surface area contributed by atoms with Gasteiger partial charge in [0.2, 0.25) is 0 Å². The van der Waals surface area contributed by atoms with E-state index in [1.807, 2.05) is 0 Å². The molecule has 0 aromatic rings. The van der Waals surface area contributed by atoms with Crippen LogP contribution in [0.4, 0.5) is 13.2 Å². The largest absolute Gasteiger partial charge is 0.402 e. The van der Waals surface area contributed by atoms with Crippen LogP contribution in [0.1, 0.15) is 26.2 Å². The third kappa shape index (κ3) is 5.09. The summed E-state index contributed by atoms with van der Waals surface area (Å²) in [5.41, 5.74) is -0.964. The molecule has 0 spiro atoms. The highest BCUT2D eigenvalue weighted by Gasteiger charge is 2.34. The average molecular weight is 290 g/mol. The Bertz CT molecular complexity index is 381. The van der Waals surface area contributed by atoms with Crippen LogP contribution >= 0.6 is 0 Å². The van der Waals surface area contributed by atoms with Crippen LogP contribution in [0.5, 0.6) is 0 Å². The van der Waals surface area contributed by atoms with Crippen molar-refractivity contribution in [2.45, 2.75) is 38.0 Å². The molecule has 1 unspecified atom stereocenters. The maximum Gasteiger partial charge on any atom is 0.402 e. The van der Waals surface area contributed by atoms with E-state index in [9.17, 15) is 26.7 Å². The van der Waals surface area contributed by atoms with Crippen molar-refractivity contribution in [3.05, 3.63) is 0 Å². The number of alkyl halides is 3. The summed E-state index contributed by atoms with van der Waals surface area (Å²) in [5, 5.41) is 9.78. The fourth-order valence-corrected chi connectivity index (χ4v) is 2.97.